The van der Waals surface area contributed by atoms with E-state index >= 15 is 0 Å². The molecule has 0 aromatic heterocycles. The Morgan fingerprint density at radius 3 is 2.32 bits per heavy atom. The van der Waals surface area contributed by atoms with Crippen LogP contribution >= 0.6 is 12.2 Å². The van der Waals surface area contributed by atoms with Crippen LogP contribution in [0.3, 0.4) is 0 Å². The summed E-state index contributed by atoms with van der Waals surface area (Å²) in [4.78, 5) is 16.6. The van der Waals surface area contributed by atoms with Crippen LogP contribution in [0, 0.1) is 0 Å². The van der Waals surface area contributed by atoms with Gasteiger partial charge in [0.1, 0.15) is 0 Å². The molecule has 1 aliphatic heterocycles. The molecular weight excluding hydrogens is 370 g/mol. The first kappa shape index (κ1) is 21.1. The molecule has 6 heteroatoms. The Labute approximate surface area is 174 Å². The maximum atomic E-state index is 11.7. The molecule has 0 unspecified atom stereocenters. The number of benzene rings is 1. The molecule has 28 heavy (non-hydrogen) atoms. The molecule has 0 amide bonds. The van der Waals surface area contributed by atoms with Gasteiger partial charge in [-0.15, -0.1) is 0 Å². The fourth-order valence-corrected chi connectivity index (χ4v) is 4.67. The van der Waals surface area contributed by atoms with Crippen LogP contribution in [0.2, 0.25) is 0 Å². The Hall–Kier alpha value is -1.66. The number of esters is 1. The quantitative estimate of drug-likeness (QED) is 0.584. The van der Waals surface area contributed by atoms with E-state index in [0.29, 0.717) is 18.2 Å². The third-order valence-corrected chi connectivity index (χ3v) is 6.49. The summed E-state index contributed by atoms with van der Waals surface area (Å²) in [5.74, 6) is -0.291. The number of likely N-dealkylation sites (tertiary alicyclic amines) is 1. The van der Waals surface area contributed by atoms with Gasteiger partial charge in [-0.3, -0.25) is 0 Å². The predicted octanol–water partition coefficient (Wildman–Crippen LogP) is 4.29. The van der Waals surface area contributed by atoms with Crippen molar-refractivity contribution < 1.29 is 9.53 Å². The van der Waals surface area contributed by atoms with E-state index in [1.54, 1.807) is 12.1 Å². The Morgan fingerprint density at radius 1 is 1.11 bits per heavy atom. The molecule has 154 valence electrons. The zero-order chi connectivity index (χ0) is 19.9. The summed E-state index contributed by atoms with van der Waals surface area (Å²) in [6.07, 6.45) is 9.22. The van der Waals surface area contributed by atoms with Crippen molar-refractivity contribution in [3.8, 4) is 0 Å². The minimum absolute atomic E-state index is 0.291. The van der Waals surface area contributed by atoms with Crippen LogP contribution in [-0.4, -0.2) is 59.7 Å². The van der Waals surface area contributed by atoms with Gasteiger partial charge in [-0.1, -0.05) is 19.3 Å². The number of anilines is 1. The summed E-state index contributed by atoms with van der Waals surface area (Å²) in [6.45, 7) is 4.18. The van der Waals surface area contributed by atoms with E-state index in [4.69, 9.17) is 17.0 Å². The third-order valence-electron chi connectivity index (χ3n) is 6.13. The van der Waals surface area contributed by atoms with Gasteiger partial charge in [-0.2, -0.15) is 0 Å². The van der Waals surface area contributed by atoms with Crippen LogP contribution in [0.15, 0.2) is 24.3 Å². The summed E-state index contributed by atoms with van der Waals surface area (Å²) in [5.41, 5.74) is 1.46. The molecule has 1 aromatic rings. The third kappa shape index (κ3) is 5.45. The van der Waals surface area contributed by atoms with E-state index in [1.165, 1.54) is 32.1 Å². The van der Waals surface area contributed by atoms with Gasteiger partial charge >= 0.3 is 5.97 Å². The molecule has 1 N–H and O–H groups in total. The monoisotopic (exact) mass is 403 g/mol. The second-order valence-corrected chi connectivity index (χ2v) is 8.29. The zero-order valence-corrected chi connectivity index (χ0v) is 18.0. The summed E-state index contributed by atoms with van der Waals surface area (Å²) in [6, 6.07) is 8.74. The van der Waals surface area contributed by atoms with Crippen LogP contribution < -0.4 is 5.32 Å². The summed E-state index contributed by atoms with van der Waals surface area (Å²) >= 11 is 5.62. The first-order valence-corrected chi connectivity index (χ1v) is 11.0. The highest BCUT2D eigenvalue weighted by atomic mass is 32.1. The molecule has 0 atom stereocenters. The van der Waals surface area contributed by atoms with Gasteiger partial charge in [-0.25, -0.2) is 4.79 Å². The van der Waals surface area contributed by atoms with E-state index in [1.807, 2.05) is 19.1 Å². The zero-order valence-electron chi connectivity index (χ0n) is 17.2. The van der Waals surface area contributed by atoms with Gasteiger partial charge in [0.25, 0.3) is 0 Å². The van der Waals surface area contributed by atoms with Gasteiger partial charge < -0.3 is 19.9 Å². The smallest absolute Gasteiger partial charge is 0.338 e. The van der Waals surface area contributed by atoms with Crippen molar-refractivity contribution in [1.82, 2.24) is 9.80 Å². The van der Waals surface area contributed by atoms with Gasteiger partial charge in [0, 0.05) is 30.9 Å². The molecule has 2 aliphatic rings. The number of hydrogen-bond donors (Lipinski definition) is 1. The predicted molar refractivity (Wildman–Crippen MR) is 118 cm³/mol. The van der Waals surface area contributed by atoms with Crippen LogP contribution in [0.25, 0.3) is 0 Å². The Bertz CT molecular complexity index is 650. The second kappa shape index (κ2) is 10.2. The minimum atomic E-state index is -0.291. The lowest BCUT2D eigenvalue weighted by atomic mass is 9.92. The molecule has 1 saturated carbocycles. The number of ether oxygens (including phenoxy) is 1. The van der Waals surface area contributed by atoms with Crippen molar-refractivity contribution in [2.45, 2.75) is 64.0 Å². The number of rotatable bonds is 5. The Kier molecular flexibility index (Phi) is 7.68. The summed E-state index contributed by atoms with van der Waals surface area (Å²) in [5, 5.41) is 4.08. The Morgan fingerprint density at radius 2 is 1.71 bits per heavy atom. The average molecular weight is 404 g/mol. The number of nitrogens with one attached hydrogen (secondary N) is 1. The van der Waals surface area contributed by atoms with Crippen molar-refractivity contribution in [2.24, 2.45) is 0 Å². The van der Waals surface area contributed by atoms with Crippen LogP contribution in [0.1, 0.15) is 62.2 Å². The highest BCUT2D eigenvalue weighted by Gasteiger charge is 2.28. The normalized spacial score (nSPS) is 18.9. The minimum Gasteiger partial charge on any atom is -0.462 e. The summed E-state index contributed by atoms with van der Waals surface area (Å²) in [7, 11) is 2.32. The fraction of sp³-hybridized carbons (Fsp3) is 0.636. The largest absolute Gasteiger partial charge is 0.462 e. The highest BCUT2D eigenvalue weighted by molar-refractivity contribution is 7.80. The molecule has 0 bridgehead atoms. The van der Waals surface area contributed by atoms with Crippen LogP contribution in [-0.2, 0) is 4.74 Å². The molecule has 1 aromatic carbocycles. The van der Waals surface area contributed by atoms with E-state index in [-0.39, 0.29) is 5.97 Å². The van der Waals surface area contributed by atoms with Gasteiger partial charge in [0.2, 0.25) is 0 Å². The summed E-state index contributed by atoms with van der Waals surface area (Å²) < 4.78 is 5.02. The molecule has 1 heterocycles. The number of thiocarbonyl (C=S) groups is 1. The topological polar surface area (TPSA) is 44.8 Å². The van der Waals surface area contributed by atoms with Gasteiger partial charge in [0.15, 0.2) is 5.11 Å². The van der Waals surface area contributed by atoms with E-state index in [9.17, 15) is 4.79 Å². The molecule has 0 spiro atoms. The second-order valence-electron chi connectivity index (χ2n) is 7.90. The lowest BCUT2D eigenvalue weighted by Crippen LogP contribution is -2.49. The number of carbonyl (C=O) groups is 1. The lowest BCUT2D eigenvalue weighted by Gasteiger charge is -2.42. The maximum absolute atomic E-state index is 11.7. The van der Waals surface area contributed by atoms with Crippen LogP contribution in [0.5, 0.6) is 0 Å². The van der Waals surface area contributed by atoms with E-state index in [0.717, 1.165) is 42.8 Å². The fourth-order valence-electron chi connectivity index (χ4n) is 4.37. The SMILES string of the molecule is CCOC(=O)c1ccc(NC(=S)N2CCC(N(C)C3CCCCC3)CC2)cc1. The molecule has 5 nitrogen and oxygen atoms in total. The molecular formula is C22H33N3O2S. The van der Waals surface area contributed by atoms with Gasteiger partial charge in [0.05, 0.1) is 12.2 Å². The van der Waals surface area contributed by atoms with E-state index < -0.39 is 0 Å². The molecule has 2 fully saturated rings. The lowest BCUT2D eigenvalue weighted by molar-refractivity contribution is 0.0526. The number of piperidine rings is 1. The standard InChI is InChI=1S/C22H33N3O2S/c1-3-27-21(26)17-9-11-18(12-10-17)23-22(28)25-15-13-20(14-16-25)24(2)19-7-5-4-6-8-19/h9-12,19-20H,3-8,13-16H2,1-2H3,(H,23,28). The molecule has 1 saturated heterocycles. The van der Waals surface area contributed by atoms with Gasteiger partial charge in [-0.05, 0) is 76.1 Å². The van der Waals surface area contributed by atoms with Crippen molar-refractivity contribution in [1.29, 1.82) is 0 Å². The highest BCUT2D eigenvalue weighted by Crippen LogP contribution is 2.26. The number of carbonyl (C=O) groups excluding carboxylic acids is 1. The number of hydrogen-bond acceptors (Lipinski definition) is 4. The first-order chi connectivity index (χ1) is 13.6. The average Bonchev–Trinajstić information content (AvgIpc) is 2.74. The maximum Gasteiger partial charge on any atom is 0.338 e. The van der Waals surface area contributed by atoms with Crippen LogP contribution in [0.4, 0.5) is 5.69 Å². The van der Waals surface area contributed by atoms with Crippen molar-refractivity contribution in [3.63, 3.8) is 0 Å². The molecule has 0 radical (unpaired) electrons. The Balaban J connectivity index is 1.46. The van der Waals surface area contributed by atoms with Crippen molar-refractivity contribution in [3.05, 3.63) is 29.8 Å². The number of nitrogens with zero attached hydrogens (tertiary/aromatic N) is 2. The first-order valence-electron chi connectivity index (χ1n) is 10.6. The van der Waals surface area contributed by atoms with E-state index in [2.05, 4.69) is 22.2 Å². The van der Waals surface area contributed by atoms with Crippen molar-refractivity contribution in [2.75, 3.05) is 32.1 Å². The molecule has 3 rings (SSSR count). The van der Waals surface area contributed by atoms with Crippen molar-refractivity contribution >= 4 is 29.0 Å². The molecule has 1 aliphatic carbocycles.